The average Bonchev–Trinajstić information content (AvgIpc) is 2.45. The summed E-state index contributed by atoms with van der Waals surface area (Å²) >= 11 is 0. The Labute approximate surface area is 118 Å². The molecule has 0 amide bonds. The van der Waals surface area contributed by atoms with Crippen molar-refractivity contribution in [3.63, 3.8) is 0 Å². The molecule has 1 rings (SSSR count). The van der Waals surface area contributed by atoms with Crippen LogP contribution < -0.4 is 10.5 Å². The zero-order valence-corrected chi connectivity index (χ0v) is 13.3. The lowest BCUT2D eigenvalue weighted by Gasteiger charge is -2.38. The molecular formula is C13H29N3O2S. The minimum Gasteiger partial charge on any atom is -0.329 e. The van der Waals surface area contributed by atoms with Gasteiger partial charge in [0, 0.05) is 24.7 Å². The summed E-state index contributed by atoms with van der Waals surface area (Å²) in [5, 5.41) is 0. The lowest BCUT2D eigenvalue weighted by Crippen LogP contribution is -2.57. The Morgan fingerprint density at radius 3 is 2.26 bits per heavy atom. The summed E-state index contributed by atoms with van der Waals surface area (Å²) in [5.41, 5.74) is 5.39. The number of hydrogen-bond donors (Lipinski definition) is 2. The standard InChI is InChI=1S/C13H29N3O2S/c1-4-13(5-2,6-3)15-19(17,18)16-10-8-7-9-12(16)11-14/h12,15H,4-11,14H2,1-3H3. The van der Waals surface area contributed by atoms with E-state index in [1.807, 2.05) is 20.8 Å². The molecule has 1 saturated heterocycles. The van der Waals surface area contributed by atoms with Crippen molar-refractivity contribution in [2.24, 2.45) is 5.73 Å². The number of nitrogens with two attached hydrogens (primary N) is 1. The highest BCUT2D eigenvalue weighted by atomic mass is 32.2. The number of piperidine rings is 1. The second-order valence-electron chi connectivity index (χ2n) is 5.44. The lowest BCUT2D eigenvalue weighted by molar-refractivity contribution is 0.243. The SMILES string of the molecule is CCC(CC)(CC)NS(=O)(=O)N1CCCCC1CN. The molecule has 0 radical (unpaired) electrons. The fourth-order valence-electron chi connectivity index (χ4n) is 2.82. The molecule has 1 atom stereocenters. The Kier molecular flexibility index (Phi) is 6.23. The highest BCUT2D eigenvalue weighted by Gasteiger charge is 2.36. The highest BCUT2D eigenvalue weighted by molar-refractivity contribution is 7.87. The third-order valence-corrected chi connectivity index (χ3v) is 6.32. The van der Waals surface area contributed by atoms with Gasteiger partial charge >= 0.3 is 0 Å². The van der Waals surface area contributed by atoms with Crippen LogP contribution in [0.25, 0.3) is 0 Å². The third-order valence-electron chi connectivity index (χ3n) is 4.53. The van der Waals surface area contributed by atoms with Crippen LogP contribution >= 0.6 is 0 Å². The second kappa shape index (κ2) is 7.02. The van der Waals surface area contributed by atoms with Gasteiger partial charge in [-0.25, -0.2) is 0 Å². The van der Waals surface area contributed by atoms with Gasteiger partial charge in [0.15, 0.2) is 0 Å². The van der Waals surface area contributed by atoms with Crippen LogP contribution in [0.1, 0.15) is 59.3 Å². The van der Waals surface area contributed by atoms with Crippen molar-refractivity contribution in [3.05, 3.63) is 0 Å². The minimum absolute atomic E-state index is 0.0467. The smallest absolute Gasteiger partial charge is 0.280 e. The van der Waals surface area contributed by atoms with E-state index in [1.165, 1.54) is 0 Å². The van der Waals surface area contributed by atoms with Gasteiger partial charge in [-0.3, -0.25) is 0 Å². The largest absolute Gasteiger partial charge is 0.329 e. The number of nitrogens with zero attached hydrogens (tertiary/aromatic N) is 1. The molecule has 0 aromatic heterocycles. The molecule has 1 aliphatic heterocycles. The fourth-order valence-corrected chi connectivity index (χ4v) is 4.88. The first-order valence-electron chi connectivity index (χ1n) is 7.45. The molecule has 114 valence electrons. The van der Waals surface area contributed by atoms with E-state index in [9.17, 15) is 8.42 Å². The number of rotatable bonds is 7. The van der Waals surface area contributed by atoms with Crippen molar-refractivity contribution in [1.82, 2.24) is 9.03 Å². The molecule has 5 nitrogen and oxygen atoms in total. The molecular weight excluding hydrogens is 262 g/mol. The van der Waals surface area contributed by atoms with Crippen molar-refractivity contribution < 1.29 is 8.42 Å². The monoisotopic (exact) mass is 291 g/mol. The maximum absolute atomic E-state index is 12.6. The lowest BCUT2D eigenvalue weighted by atomic mass is 9.91. The maximum Gasteiger partial charge on any atom is 0.280 e. The number of nitrogens with one attached hydrogen (secondary N) is 1. The molecule has 0 aromatic carbocycles. The molecule has 1 heterocycles. The van der Waals surface area contributed by atoms with Crippen LogP contribution in [0.5, 0.6) is 0 Å². The van der Waals surface area contributed by atoms with Crippen LogP contribution in [0.4, 0.5) is 0 Å². The zero-order chi connectivity index (χ0) is 14.5. The van der Waals surface area contributed by atoms with E-state index in [0.717, 1.165) is 38.5 Å². The summed E-state index contributed by atoms with van der Waals surface area (Å²) in [5.74, 6) is 0. The van der Waals surface area contributed by atoms with Gasteiger partial charge in [-0.05, 0) is 32.1 Å². The van der Waals surface area contributed by atoms with Gasteiger partial charge in [-0.2, -0.15) is 17.4 Å². The normalized spacial score (nSPS) is 22.6. The zero-order valence-electron chi connectivity index (χ0n) is 12.5. The summed E-state index contributed by atoms with van der Waals surface area (Å²) in [7, 11) is -3.44. The molecule has 0 aromatic rings. The second-order valence-corrected chi connectivity index (χ2v) is 7.07. The van der Waals surface area contributed by atoms with Crippen molar-refractivity contribution in [1.29, 1.82) is 0 Å². The topological polar surface area (TPSA) is 75.4 Å². The van der Waals surface area contributed by atoms with E-state index in [4.69, 9.17) is 5.73 Å². The van der Waals surface area contributed by atoms with Crippen LogP contribution in [-0.2, 0) is 10.2 Å². The van der Waals surface area contributed by atoms with Crippen molar-refractivity contribution >= 4 is 10.2 Å². The third kappa shape index (κ3) is 3.90. The predicted molar refractivity (Wildman–Crippen MR) is 79.1 cm³/mol. The van der Waals surface area contributed by atoms with Crippen LogP contribution in [0, 0.1) is 0 Å². The Bertz CT molecular complexity index is 358. The molecule has 0 spiro atoms. The molecule has 0 aliphatic carbocycles. The molecule has 1 unspecified atom stereocenters. The molecule has 3 N–H and O–H groups in total. The first-order chi connectivity index (χ1) is 8.94. The van der Waals surface area contributed by atoms with Crippen LogP contribution in [-0.4, -0.2) is 37.4 Å². The van der Waals surface area contributed by atoms with E-state index in [-0.39, 0.29) is 11.6 Å². The van der Waals surface area contributed by atoms with Gasteiger partial charge in [0.2, 0.25) is 0 Å². The maximum atomic E-state index is 12.6. The summed E-state index contributed by atoms with van der Waals surface area (Å²) in [6, 6.07) is -0.0467. The van der Waals surface area contributed by atoms with Crippen LogP contribution in [0.15, 0.2) is 0 Å². The first kappa shape index (κ1) is 16.9. The molecule has 6 heteroatoms. The predicted octanol–water partition coefficient (Wildman–Crippen LogP) is 1.60. The summed E-state index contributed by atoms with van der Waals surface area (Å²) in [6.45, 7) is 7.09. The Morgan fingerprint density at radius 2 is 1.79 bits per heavy atom. The van der Waals surface area contributed by atoms with E-state index >= 15 is 0 Å². The molecule has 0 bridgehead atoms. The summed E-state index contributed by atoms with van der Waals surface area (Å²) in [6.07, 6.45) is 5.28. The molecule has 0 saturated carbocycles. The molecule has 1 aliphatic rings. The van der Waals surface area contributed by atoms with Crippen LogP contribution in [0.2, 0.25) is 0 Å². The summed E-state index contributed by atoms with van der Waals surface area (Å²) < 4.78 is 29.7. The highest BCUT2D eigenvalue weighted by Crippen LogP contribution is 2.24. The van der Waals surface area contributed by atoms with E-state index in [0.29, 0.717) is 13.1 Å². The van der Waals surface area contributed by atoms with Gasteiger partial charge in [0.25, 0.3) is 10.2 Å². The Morgan fingerprint density at radius 1 is 1.21 bits per heavy atom. The average molecular weight is 291 g/mol. The van der Waals surface area contributed by atoms with Gasteiger partial charge in [0.1, 0.15) is 0 Å². The first-order valence-corrected chi connectivity index (χ1v) is 8.89. The van der Waals surface area contributed by atoms with Crippen LogP contribution in [0.3, 0.4) is 0 Å². The number of hydrogen-bond acceptors (Lipinski definition) is 3. The van der Waals surface area contributed by atoms with E-state index in [1.54, 1.807) is 4.31 Å². The fraction of sp³-hybridized carbons (Fsp3) is 1.00. The molecule has 19 heavy (non-hydrogen) atoms. The summed E-state index contributed by atoms with van der Waals surface area (Å²) in [4.78, 5) is 0. The molecule has 1 fully saturated rings. The Hall–Kier alpha value is -0.170. The van der Waals surface area contributed by atoms with E-state index in [2.05, 4.69) is 4.72 Å². The van der Waals surface area contributed by atoms with Gasteiger partial charge < -0.3 is 5.73 Å². The van der Waals surface area contributed by atoms with Crippen molar-refractivity contribution in [2.45, 2.75) is 70.9 Å². The minimum atomic E-state index is -3.44. The van der Waals surface area contributed by atoms with E-state index < -0.39 is 10.2 Å². The van der Waals surface area contributed by atoms with Gasteiger partial charge in [-0.15, -0.1) is 0 Å². The quantitative estimate of drug-likeness (QED) is 0.748. The van der Waals surface area contributed by atoms with Gasteiger partial charge in [-0.1, -0.05) is 27.2 Å². The van der Waals surface area contributed by atoms with Crippen molar-refractivity contribution in [3.8, 4) is 0 Å². The van der Waals surface area contributed by atoms with Gasteiger partial charge in [0.05, 0.1) is 0 Å². The Balaban J connectivity index is 2.90. The van der Waals surface area contributed by atoms with Crippen molar-refractivity contribution in [2.75, 3.05) is 13.1 Å².